The third kappa shape index (κ3) is 2.17. The van der Waals surface area contributed by atoms with Gasteiger partial charge in [0, 0.05) is 41.4 Å². The Balaban J connectivity index is 2.10. The number of rotatable bonds is 2. The lowest BCUT2D eigenvalue weighted by atomic mass is 10.0. The van der Waals surface area contributed by atoms with Gasteiger partial charge in [0.15, 0.2) is 0 Å². The molecule has 0 saturated carbocycles. The van der Waals surface area contributed by atoms with Crippen molar-refractivity contribution in [3.05, 3.63) is 35.5 Å². The van der Waals surface area contributed by atoms with Crippen LogP contribution in [0.25, 0.3) is 10.9 Å². The molecule has 0 bridgehead atoms. The van der Waals surface area contributed by atoms with Gasteiger partial charge in [-0.25, -0.2) is 0 Å². The van der Waals surface area contributed by atoms with Gasteiger partial charge in [-0.15, -0.1) is 0 Å². The molecule has 1 aliphatic rings. The van der Waals surface area contributed by atoms with E-state index in [1.54, 1.807) is 0 Å². The third-order valence-corrected chi connectivity index (χ3v) is 4.35. The summed E-state index contributed by atoms with van der Waals surface area (Å²) in [5, 5.41) is 1.88. The Labute approximate surface area is 118 Å². The number of nitrogens with zero attached hydrogens (tertiary/aromatic N) is 2. The van der Waals surface area contributed by atoms with Crippen LogP contribution in [0.5, 0.6) is 0 Å². The number of hydrogen-bond acceptors (Lipinski definition) is 3. The van der Waals surface area contributed by atoms with Crippen molar-refractivity contribution in [1.82, 2.24) is 4.98 Å². The maximum absolute atomic E-state index is 6.04. The van der Waals surface area contributed by atoms with Gasteiger partial charge in [0.05, 0.1) is 5.52 Å². The van der Waals surface area contributed by atoms with E-state index < -0.39 is 0 Å². The van der Waals surface area contributed by atoms with Gasteiger partial charge in [-0.2, -0.15) is 0 Å². The van der Waals surface area contributed by atoms with Gasteiger partial charge in [-0.3, -0.25) is 4.98 Å². The van der Waals surface area contributed by atoms with Gasteiger partial charge in [-0.05, 0) is 36.6 Å². The minimum Gasteiger partial charge on any atom is -0.366 e. The van der Waals surface area contributed by atoms with Crippen LogP contribution in [-0.2, 0) is 0 Å². The Morgan fingerprint density at radius 1 is 1.42 bits per heavy atom. The molecule has 19 heavy (non-hydrogen) atoms. The number of fused-ring (bicyclic) bond motifs is 1. The van der Waals surface area contributed by atoms with Gasteiger partial charge in [0.1, 0.15) is 0 Å². The average molecular weight is 276 g/mol. The first-order valence-corrected chi connectivity index (χ1v) is 7.09. The van der Waals surface area contributed by atoms with Gasteiger partial charge in [-0.1, -0.05) is 18.5 Å². The number of halogens is 1. The summed E-state index contributed by atoms with van der Waals surface area (Å²) in [5.41, 5.74) is 8.11. The van der Waals surface area contributed by atoms with E-state index in [0.29, 0.717) is 18.5 Å². The predicted molar refractivity (Wildman–Crippen MR) is 80.7 cm³/mol. The van der Waals surface area contributed by atoms with Crippen LogP contribution >= 0.6 is 11.6 Å². The highest BCUT2D eigenvalue weighted by Crippen LogP contribution is 2.34. The summed E-state index contributed by atoms with van der Waals surface area (Å²) in [6.45, 7) is 4.03. The Morgan fingerprint density at radius 2 is 2.26 bits per heavy atom. The molecule has 1 fully saturated rings. The van der Waals surface area contributed by atoms with Gasteiger partial charge in [0.2, 0.25) is 0 Å². The van der Waals surface area contributed by atoms with Crippen LogP contribution in [0.3, 0.4) is 0 Å². The van der Waals surface area contributed by atoms with E-state index in [1.807, 2.05) is 18.3 Å². The van der Waals surface area contributed by atoms with Gasteiger partial charge in [0.25, 0.3) is 0 Å². The molecule has 4 heteroatoms. The van der Waals surface area contributed by atoms with Crippen LogP contribution in [0, 0.1) is 5.92 Å². The van der Waals surface area contributed by atoms with Crippen molar-refractivity contribution in [1.29, 1.82) is 0 Å². The van der Waals surface area contributed by atoms with Crippen molar-refractivity contribution < 1.29 is 0 Å². The molecule has 0 spiro atoms. The number of anilines is 1. The number of pyridine rings is 1. The van der Waals surface area contributed by atoms with E-state index in [2.05, 4.69) is 28.9 Å². The van der Waals surface area contributed by atoms with Crippen LogP contribution in [-0.4, -0.2) is 24.1 Å². The van der Waals surface area contributed by atoms with Crippen molar-refractivity contribution in [3.8, 4) is 0 Å². The smallest absolute Gasteiger partial charge is 0.0737 e. The molecule has 1 aliphatic heterocycles. The first kappa shape index (κ1) is 12.7. The van der Waals surface area contributed by atoms with Crippen molar-refractivity contribution in [2.75, 3.05) is 18.0 Å². The molecule has 2 atom stereocenters. The minimum atomic E-state index is 0.418. The van der Waals surface area contributed by atoms with Crippen LogP contribution in [0.2, 0.25) is 5.02 Å². The molecule has 1 aromatic heterocycles. The highest BCUT2D eigenvalue weighted by molar-refractivity contribution is 6.31. The lowest BCUT2D eigenvalue weighted by molar-refractivity contribution is 0.519. The summed E-state index contributed by atoms with van der Waals surface area (Å²) >= 11 is 6.04. The zero-order valence-electron chi connectivity index (χ0n) is 11.0. The Morgan fingerprint density at radius 3 is 3.05 bits per heavy atom. The van der Waals surface area contributed by atoms with Crippen LogP contribution < -0.4 is 10.6 Å². The second-order valence-electron chi connectivity index (χ2n) is 5.25. The monoisotopic (exact) mass is 275 g/mol. The zero-order chi connectivity index (χ0) is 13.4. The standard InChI is InChI=1S/C15H18ClN3/c1-10-5-7-19(15(10)9-17)14-4-6-18-13-8-11(16)2-3-12(13)14/h2-4,6,8,10,15H,5,7,9,17H2,1H3. The molecule has 3 rings (SSSR count). The fourth-order valence-electron chi connectivity index (χ4n) is 3.02. The molecule has 2 N–H and O–H groups in total. The summed E-state index contributed by atoms with van der Waals surface area (Å²) in [5.74, 6) is 0.639. The molecule has 1 aromatic carbocycles. The molecule has 100 valence electrons. The van der Waals surface area contributed by atoms with Crippen molar-refractivity contribution in [2.24, 2.45) is 11.7 Å². The van der Waals surface area contributed by atoms with Crippen LogP contribution in [0.15, 0.2) is 30.5 Å². The van der Waals surface area contributed by atoms with Crippen molar-refractivity contribution >= 4 is 28.2 Å². The number of aromatic nitrogens is 1. The molecule has 2 heterocycles. The molecule has 2 unspecified atom stereocenters. The summed E-state index contributed by atoms with van der Waals surface area (Å²) in [4.78, 5) is 6.82. The Hall–Kier alpha value is -1.32. The second-order valence-corrected chi connectivity index (χ2v) is 5.69. The summed E-state index contributed by atoms with van der Waals surface area (Å²) in [6, 6.07) is 8.39. The third-order valence-electron chi connectivity index (χ3n) is 4.12. The molecule has 2 aromatic rings. The number of nitrogens with two attached hydrogens (primary N) is 1. The molecule has 0 amide bonds. The SMILES string of the molecule is CC1CCN(c2ccnc3cc(Cl)ccc23)C1CN. The van der Waals surface area contributed by atoms with Crippen LogP contribution in [0.4, 0.5) is 5.69 Å². The fraction of sp³-hybridized carbons (Fsp3) is 0.400. The summed E-state index contributed by atoms with van der Waals surface area (Å²) < 4.78 is 0. The predicted octanol–water partition coefficient (Wildman–Crippen LogP) is 3.06. The summed E-state index contributed by atoms with van der Waals surface area (Å²) in [7, 11) is 0. The van der Waals surface area contributed by atoms with E-state index >= 15 is 0 Å². The topological polar surface area (TPSA) is 42.2 Å². The average Bonchev–Trinajstić information content (AvgIpc) is 2.78. The molecular formula is C15H18ClN3. The van der Waals surface area contributed by atoms with E-state index in [4.69, 9.17) is 17.3 Å². The van der Waals surface area contributed by atoms with Crippen molar-refractivity contribution in [3.63, 3.8) is 0 Å². The molecule has 0 radical (unpaired) electrons. The highest BCUT2D eigenvalue weighted by atomic mass is 35.5. The van der Waals surface area contributed by atoms with E-state index in [0.717, 1.165) is 22.5 Å². The quantitative estimate of drug-likeness (QED) is 0.916. The first-order chi connectivity index (χ1) is 9.20. The Bertz CT molecular complexity index is 599. The van der Waals surface area contributed by atoms with Gasteiger partial charge >= 0.3 is 0 Å². The molecular weight excluding hydrogens is 258 g/mol. The molecule has 0 aliphatic carbocycles. The largest absolute Gasteiger partial charge is 0.366 e. The molecule has 1 saturated heterocycles. The lowest BCUT2D eigenvalue weighted by Crippen LogP contribution is -2.38. The second kappa shape index (κ2) is 4.99. The summed E-state index contributed by atoms with van der Waals surface area (Å²) in [6.07, 6.45) is 3.05. The fourth-order valence-corrected chi connectivity index (χ4v) is 3.19. The Kier molecular flexibility index (Phi) is 3.33. The van der Waals surface area contributed by atoms with Gasteiger partial charge < -0.3 is 10.6 Å². The maximum Gasteiger partial charge on any atom is 0.0737 e. The van der Waals surface area contributed by atoms with E-state index in [1.165, 1.54) is 12.1 Å². The normalized spacial score (nSPS) is 23.2. The first-order valence-electron chi connectivity index (χ1n) is 6.71. The number of hydrogen-bond donors (Lipinski definition) is 1. The minimum absolute atomic E-state index is 0.418. The van der Waals surface area contributed by atoms with E-state index in [9.17, 15) is 0 Å². The maximum atomic E-state index is 6.04. The molecule has 3 nitrogen and oxygen atoms in total. The van der Waals surface area contributed by atoms with Crippen LogP contribution in [0.1, 0.15) is 13.3 Å². The number of benzene rings is 1. The van der Waals surface area contributed by atoms with E-state index in [-0.39, 0.29) is 0 Å². The lowest BCUT2D eigenvalue weighted by Gasteiger charge is -2.28. The highest BCUT2D eigenvalue weighted by Gasteiger charge is 2.30. The zero-order valence-corrected chi connectivity index (χ0v) is 11.8. The van der Waals surface area contributed by atoms with Crippen molar-refractivity contribution in [2.45, 2.75) is 19.4 Å².